The fourth-order valence-corrected chi connectivity index (χ4v) is 6.59. The number of nitrogen functional groups attached to an aromatic ring is 1. The molecule has 0 aliphatic carbocycles. The Balaban J connectivity index is 1.65. The van der Waals surface area contributed by atoms with Crippen molar-refractivity contribution in [2.24, 2.45) is 5.16 Å². The first-order chi connectivity index (χ1) is 18.0. The van der Waals surface area contributed by atoms with Crippen molar-refractivity contribution in [3.8, 4) is 0 Å². The van der Waals surface area contributed by atoms with Gasteiger partial charge in [-0.15, -0.1) is 11.8 Å². The van der Waals surface area contributed by atoms with Gasteiger partial charge in [-0.1, -0.05) is 78.5 Å². The summed E-state index contributed by atoms with van der Waals surface area (Å²) in [7, 11) is 1.32. The van der Waals surface area contributed by atoms with Gasteiger partial charge in [-0.2, -0.15) is 9.36 Å². The molecule has 9 nitrogen and oxygen atoms in total. The van der Waals surface area contributed by atoms with E-state index in [-0.39, 0.29) is 27.9 Å². The van der Waals surface area contributed by atoms with Crippen molar-refractivity contribution >= 4 is 46.0 Å². The monoisotopic (exact) mass is 532 g/mol. The molecular formula is C26H24N6O3S2. The van der Waals surface area contributed by atoms with Crippen molar-refractivity contribution in [2.75, 3.05) is 18.6 Å². The number of nitrogens with zero attached hydrogens (tertiary/aromatic N) is 4. The van der Waals surface area contributed by atoms with Crippen molar-refractivity contribution in [1.29, 1.82) is 0 Å². The van der Waals surface area contributed by atoms with Crippen LogP contribution < -0.4 is 11.1 Å². The highest BCUT2D eigenvalue weighted by Gasteiger charge is 2.67. The van der Waals surface area contributed by atoms with E-state index in [1.807, 2.05) is 60.7 Å². The number of carbonyl (C=O) groups is 2. The van der Waals surface area contributed by atoms with Crippen LogP contribution in [0.15, 0.2) is 90.2 Å². The van der Waals surface area contributed by atoms with E-state index in [2.05, 4.69) is 26.4 Å². The third kappa shape index (κ3) is 4.30. The summed E-state index contributed by atoms with van der Waals surface area (Å²) >= 11 is 2.51. The van der Waals surface area contributed by atoms with Crippen LogP contribution >= 0.6 is 23.3 Å². The molecule has 3 heterocycles. The predicted molar refractivity (Wildman–Crippen MR) is 145 cm³/mol. The number of oxime groups is 1. The van der Waals surface area contributed by atoms with Crippen molar-refractivity contribution in [3.05, 3.63) is 102 Å². The van der Waals surface area contributed by atoms with Gasteiger partial charge in [0.15, 0.2) is 10.7 Å². The van der Waals surface area contributed by atoms with Gasteiger partial charge >= 0.3 is 0 Å². The molecule has 37 heavy (non-hydrogen) atoms. The van der Waals surface area contributed by atoms with Gasteiger partial charge in [-0.25, -0.2) is 0 Å². The zero-order valence-corrected chi connectivity index (χ0v) is 21.5. The number of benzene rings is 2. The minimum Gasteiger partial charge on any atom is -0.398 e. The number of hydrogen-bond donors (Lipinski definition) is 2. The molecule has 3 N–H and O–H groups in total. The Labute approximate surface area is 222 Å². The molecule has 0 spiro atoms. The Morgan fingerprint density at radius 1 is 1.24 bits per heavy atom. The zero-order chi connectivity index (χ0) is 26.0. The molecule has 1 aromatic heterocycles. The number of rotatable bonds is 8. The largest absolute Gasteiger partial charge is 0.398 e. The molecule has 0 bridgehead atoms. The molecule has 2 aromatic carbocycles. The third-order valence-corrected chi connectivity index (χ3v) is 8.26. The number of hydrogen-bond acceptors (Lipinski definition) is 9. The molecule has 3 aromatic rings. The van der Waals surface area contributed by atoms with Gasteiger partial charge in [0.25, 0.3) is 11.8 Å². The topological polar surface area (TPSA) is 123 Å². The molecule has 0 saturated carbocycles. The van der Waals surface area contributed by atoms with Gasteiger partial charge < -0.3 is 20.8 Å². The Morgan fingerprint density at radius 2 is 1.89 bits per heavy atom. The fraction of sp³-hybridized carbons (Fsp3) is 0.192. The van der Waals surface area contributed by atoms with Crippen LogP contribution in [0.4, 0.5) is 5.13 Å². The average Bonchev–Trinajstić information content (AvgIpc) is 3.37. The number of β-lactam (4-membered cyclic amide) rings is 1. The van der Waals surface area contributed by atoms with Gasteiger partial charge in [-0.3, -0.25) is 9.59 Å². The predicted octanol–water partition coefficient (Wildman–Crippen LogP) is 3.14. The Hall–Kier alpha value is -3.96. The Morgan fingerprint density at radius 3 is 2.43 bits per heavy atom. The van der Waals surface area contributed by atoms with Crippen LogP contribution in [0.1, 0.15) is 22.9 Å². The molecule has 11 heteroatoms. The Kier molecular flexibility index (Phi) is 6.81. The van der Waals surface area contributed by atoms with Crippen LogP contribution in [-0.2, 0) is 14.4 Å². The van der Waals surface area contributed by atoms with E-state index in [1.54, 1.807) is 28.9 Å². The lowest BCUT2D eigenvalue weighted by molar-refractivity contribution is -0.154. The summed E-state index contributed by atoms with van der Waals surface area (Å²) in [5.41, 5.74) is 6.98. The number of aromatic nitrogens is 2. The summed E-state index contributed by atoms with van der Waals surface area (Å²) < 4.78 is 4.13. The first kappa shape index (κ1) is 24.7. The van der Waals surface area contributed by atoms with E-state index in [0.29, 0.717) is 5.75 Å². The van der Waals surface area contributed by atoms with E-state index < -0.39 is 17.4 Å². The maximum absolute atomic E-state index is 14.1. The molecule has 188 valence electrons. The smallest absolute Gasteiger partial charge is 0.278 e. The minimum absolute atomic E-state index is 0.0294. The van der Waals surface area contributed by atoms with Gasteiger partial charge in [-0.05, 0) is 16.7 Å². The number of amides is 2. The van der Waals surface area contributed by atoms with E-state index in [4.69, 9.17) is 10.6 Å². The maximum atomic E-state index is 14.1. The van der Waals surface area contributed by atoms with Crippen LogP contribution in [0.5, 0.6) is 0 Å². The van der Waals surface area contributed by atoms with Gasteiger partial charge in [0.1, 0.15) is 12.5 Å². The second kappa shape index (κ2) is 10.2. The standard InChI is InChI=1S/C26H24N6O3S2/c1-3-16-14-32-23(34)26(24(32)36-15-16,29-22(33)20(30-35-2)21-28-25(27)37-31-21)19(17-10-6-4-7-11-17)18-12-8-5-9-13-18/h3-14,19,24H,1,15H2,2H3,(H,29,33)(H2,27,28,31)/t24-,26?/m0/s1. The second-order valence-corrected chi connectivity index (χ2v) is 10.3. The first-order valence-corrected chi connectivity index (χ1v) is 13.2. The lowest BCUT2D eigenvalue weighted by atomic mass is 9.69. The minimum atomic E-state index is -1.33. The lowest BCUT2D eigenvalue weighted by Crippen LogP contribution is -2.81. The maximum Gasteiger partial charge on any atom is 0.278 e. The molecule has 1 unspecified atom stereocenters. The summed E-state index contributed by atoms with van der Waals surface area (Å²) in [5, 5.41) is 6.76. The SMILES string of the molecule is C=CC1=CN2C(=O)C(NC(=O)C(=NOC)c3nsc(N)n3)(C(c3ccccc3)c3ccccc3)[C@@H]2SC1. The highest BCUT2D eigenvalue weighted by atomic mass is 32.2. The van der Waals surface area contributed by atoms with E-state index >= 15 is 0 Å². The van der Waals surface area contributed by atoms with Gasteiger partial charge in [0.05, 0.1) is 0 Å². The van der Waals surface area contributed by atoms with Crippen molar-refractivity contribution < 1.29 is 14.4 Å². The highest BCUT2D eigenvalue weighted by Crippen LogP contribution is 2.52. The quantitative estimate of drug-likeness (QED) is 0.260. The molecule has 1 saturated heterocycles. The average molecular weight is 533 g/mol. The van der Waals surface area contributed by atoms with Crippen LogP contribution in [0, 0.1) is 0 Å². The molecule has 2 amide bonds. The first-order valence-electron chi connectivity index (χ1n) is 11.4. The van der Waals surface area contributed by atoms with Crippen molar-refractivity contribution in [2.45, 2.75) is 16.8 Å². The summed E-state index contributed by atoms with van der Waals surface area (Å²) in [6, 6.07) is 19.4. The second-order valence-electron chi connectivity index (χ2n) is 8.44. The normalized spacial score (nSPS) is 21.1. The van der Waals surface area contributed by atoms with Crippen LogP contribution in [0.25, 0.3) is 0 Å². The third-order valence-electron chi connectivity index (χ3n) is 6.30. The molecule has 1 fully saturated rings. The molecule has 0 radical (unpaired) electrons. The molecule has 2 aliphatic heterocycles. The molecule has 2 atom stereocenters. The van der Waals surface area contributed by atoms with Crippen LogP contribution in [0.3, 0.4) is 0 Å². The molecule has 2 aliphatic rings. The lowest BCUT2D eigenvalue weighted by Gasteiger charge is -2.59. The van der Waals surface area contributed by atoms with E-state index in [9.17, 15) is 9.59 Å². The summed E-state index contributed by atoms with van der Waals surface area (Å²) in [4.78, 5) is 38.6. The van der Waals surface area contributed by atoms with E-state index in [0.717, 1.165) is 28.2 Å². The summed E-state index contributed by atoms with van der Waals surface area (Å²) in [6.07, 6.45) is 3.55. The van der Waals surface area contributed by atoms with Crippen molar-refractivity contribution in [3.63, 3.8) is 0 Å². The Bertz CT molecular complexity index is 1350. The summed E-state index contributed by atoms with van der Waals surface area (Å²) in [5.74, 6) is -0.686. The number of allylic oxidation sites excluding steroid dienone is 1. The van der Waals surface area contributed by atoms with Crippen LogP contribution in [0.2, 0.25) is 0 Å². The fourth-order valence-electron chi connectivity index (χ4n) is 4.74. The molecule has 5 rings (SSSR count). The van der Waals surface area contributed by atoms with Gasteiger partial charge in [0, 0.05) is 29.4 Å². The number of anilines is 1. The number of fused-ring (bicyclic) bond motifs is 1. The van der Waals surface area contributed by atoms with E-state index in [1.165, 1.54) is 7.11 Å². The highest BCUT2D eigenvalue weighted by molar-refractivity contribution is 8.00. The van der Waals surface area contributed by atoms with Gasteiger partial charge in [0.2, 0.25) is 11.5 Å². The summed E-state index contributed by atoms with van der Waals surface area (Å²) in [6.45, 7) is 3.85. The number of nitrogens with one attached hydrogen (secondary N) is 1. The number of nitrogens with two attached hydrogens (primary N) is 1. The number of carbonyl (C=O) groups excluding carboxylic acids is 2. The molecular weight excluding hydrogens is 508 g/mol. The van der Waals surface area contributed by atoms with Crippen molar-refractivity contribution in [1.82, 2.24) is 19.6 Å². The van der Waals surface area contributed by atoms with Crippen LogP contribution in [-0.4, -0.2) is 55.6 Å². The number of thioether (sulfide) groups is 1. The zero-order valence-electron chi connectivity index (χ0n) is 19.9.